The van der Waals surface area contributed by atoms with Crippen molar-refractivity contribution in [1.29, 1.82) is 0 Å². The first-order valence-corrected chi connectivity index (χ1v) is 9.22. The number of likely N-dealkylation sites (tertiary alicyclic amines) is 1. The largest absolute Gasteiger partial charge is 0.336 e. The maximum atomic E-state index is 12.8. The summed E-state index contributed by atoms with van der Waals surface area (Å²) >= 11 is 1.23. The Morgan fingerprint density at radius 3 is 2.39 bits per heavy atom. The van der Waals surface area contributed by atoms with Crippen molar-refractivity contribution < 1.29 is 4.79 Å². The van der Waals surface area contributed by atoms with Crippen molar-refractivity contribution in [1.82, 2.24) is 9.47 Å². The van der Waals surface area contributed by atoms with Crippen LogP contribution in [0.2, 0.25) is 0 Å². The van der Waals surface area contributed by atoms with Crippen LogP contribution in [-0.2, 0) is 11.3 Å². The van der Waals surface area contributed by atoms with Crippen molar-refractivity contribution in [2.24, 2.45) is 11.3 Å². The molecule has 1 aromatic rings. The Morgan fingerprint density at radius 2 is 1.91 bits per heavy atom. The minimum atomic E-state index is -0.146. The Bertz CT molecular complexity index is 649. The number of carbonyl (C=O) groups excluding carboxylic acids is 1. The molecule has 1 fully saturated rings. The average Bonchev–Trinajstić information content (AvgIpc) is 2.79. The second-order valence-electron chi connectivity index (χ2n) is 8.55. The number of amides is 1. The van der Waals surface area contributed by atoms with Crippen molar-refractivity contribution >= 4 is 17.2 Å². The van der Waals surface area contributed by atoms with Gasteiger partial charge in [-0.2, -0.15) is 0 Å². The van der Waals surface area contributed by atoms with E-state index in [1.54, 1.807) is 4.57 Å². The second-order valence-corrected chi connectivity index (χ2v) is 9.71. The summed E-state index contributed by atoms with van der Waals surface area (Å²) < 4.78 is 1.62. The van der Waals surface area contributed by atoms with Gasteiger partial charge in [-0.25, -0.2) is 0 Å². The number of nitrogens with zero attached hydrogens (tertiary/aromatic N) is 2. The average molecular weight is 339 g/mol. The topological polar surface area (TPSA) is 42.3 Å². The maximum Gasteiger partial charge on any atom is 0.308 e. The lowest BCUT2D eigenvalue weighted by atomic mass is 9.76. The summed E-state index contributed by atoms with van der Waals surface area (Å²) in [5.74, 6) is 0.572. The summed E-state index contributed by atoms with van der Waals surface area (Å²) in [6.45, 7) is 15.9. The highest BCUT2D eigenvalue weighted by Crippen LogP contribution is 2.41. The van der Waals surface area contributed by atoms with Crippen LogP contribution in [0.25, 0.3) is 0 Å². The first kappa shape index (κ1) is 18.2. The smallest absolute Gasteiger partial charge is 0.308 e. The van der Waals surface area contributed by atoms with E-state index in [1.165, 1.54) is 11.3 Å². The van der Waals surface area contributed by atoms with Gasteiger partial charge in [0.15, 0.2) is 0 Å². The molecule has 1 aromatic heterocycles. The highest BCUT2D eigenvalue weighted by molar-refractivity contribution is 7.09. The van der Waals surface area contributed by atoms with E-state index in [-0.39, 0.29) is 28.3 Å². The van der Waals surface area contributed by atoms with Gasteiger partial charge in [-0.15, -0.1) is 0 Å². The molecule has 2 heterocycles. The lowest BCUT2D eigenvalue weighted by Gasteiger charge is -2.38. The molecular formula is C18H30N2O2S. The van der Waals surface area contributed by atoms with Crippen molar-refractivity contribution in [2.45, 2.75) is 73.4 Å². The maximum absolute atomic E-state index is 12.8. The second kappa shape index (κ2) is 6.08. The Morgan fingerprint density at radius 1 is 1.30 bits per heavy atom. The summed E-state index contributed by atoms with van der Waals surface area (Å²) in [4.78, 5) is 27.8. The molecule has 0 aliphatic carbocycles. The molecule has 1 aliphatic rings. The molecule has 1 amide bonds. The Kier molecular flexibility index (Phi) is 4.82. The third kappa shape index (κ3) is 3.70. The number of thiazole rings is 1. The SMILES string of the molecule is Cc1sc(=O)n(CC(=O)N2CCC(CC(C)(C)C)C2(C)C)c1C. The molecule has 2 rings (SSSR count). The molecule has 4 nitrogen and oxygen atoms in total. The zero-order valence-electron chi connectivity index (χ0n) is 15.5. The number of carbonyl (C=O) groups is 1. The third-order valence-electron chi connectivity index (χ3n) is 5.22. The van der Waals surface area contributed by atoms with E-state index in [0.29, 0.717) is 5.92 Å². The van der Waals surface area contributed by atoms with Crippen LogP contribution in [0.5, 0.6) is 0 Å². The van der Waals surface area contributed by atoms with E-state index in [9.17, 15) is 9.59 Å². The summed E-state index contributed by atoms with van der Waals surface area (Å²) in [6, 6.07) is 0. The molecule has 0 aromatic carbocycles. The molecule has 130 valence electrons. The van der Waals surface area contributed by atoms with E-state index in [1.807, 2.05) is 18.7 Å². The van der Waals surface area contributed by atoms with Crippen molar-refractivity contribution in [3.8, 4) is 0 Å². The van der Waals surface area contributed by atoms with Crippen LogP contribution in [0.15, 0.2) is 4.79 Å². The van der Waals surface area contributed by atoms with Crippen LogP contribution in [0.4, 0.5) is 0 Å². The monoisotopic (exact) mass is 338 g/mol. The highest BCUT2D eigenvalue weighted by atomic mass is 32.1. The van der Waals surface area contributed by atoms with Gasteiger partial charge in [0.05, 0.1) is 0 Å². The Balaban J connectivity index is 2.16. The number of aromatic nitrogens is 1. The number of hydrogen-bond donors (Lipinski definition) is 0. The zero-order valence-corrected chi connectivity index (χ0v) is 16.3. The van der Waals surface area contributed by atoms with Crippen LogP contribution in [0.3, 0.4) is 0 Å². The van der Waals surface area contributed by atoms with Gasteiger partial charge in [0.2, 0.25) is 5.91 Å². The van der Waals surface area contributed by atoms with Crippen LogP contribution >= 0.6 is 11.3 Å². The zero-order chi connectivity index (χ0) is 17.6. The molecule has 0 spiro atoms. The minimum absolute atomic E-state index is 0.0309. The van der Waals surface area contributed by atoms with Crippen LogP contribution in [-0.4, -0.2) is 27.5 Å². The summed E-state index contributed by atoms with van der Waals surface area (Å²) in [7, 11) is 0. The molecule has 0 N–H and O–H groups in total. The Hall–Kier alpha value is -1.10. The molecule has 23 heavy (non-hydrogen) atoms. The van der Waals surface area contributed by atoms with E-state index < -0.39 is 0 Å². The fourth-order valence-electron chi connectivity index (χ4n) is 3.67. The first-order valence-electron chi connectivity index (χ1n) is 8.41. The minimum Gasteiger partial charge on any atom is -0.336 e. The fraction of sp³-hybridized carbons (Fsp3) is 0.778. The predicted molar refractivity (Wildman–Crippen MR) is 96.0 cm³/mol. The van der Waals surface area contributed by atoms with Crippen molar-refractivity contribution in [2.75, 3.05) is 6.54 Å². The van der Waals surface area contributed by atoms with Gasteiger partial charge < -0.3 is 4.90 Å². The fourth-order valence-corrected chi connectivity index (χ4v) is 4.51. The molecule has 5 heteroatoms. The lowest BCUT2D eigenvalue weighted by Crippen LogP contribution is -2.48. The molecule has 1 unspecified atom stereocenters. The van der Waals surface area contributed by atoms with Gasteiger partial charge in [-0.3, -0.25) is 14.2 Å². The number of aryl methyl sites for hydroxylation is 1. The summed E-state index contributed by atoms with van der Waals surface area (Å²) in [5, 5.41) is 0. The van der Waals surface area contributed by atoms with Gasteiger partial charge >= 0.3 is 4.87 Å². The van der Waals surface area contributed by atoms with E-state index in [0.717, 1.165) is 30.0 Å². The molecular weight excluding hydrogens is 308 g/mol. The van der Waals surface area contributed by atoms with Gasteiger partial charge in [0, 0.05) is 22.7 Å². The van der Waals surface area contributed by atoms with E-state index in [2.05, 4.69) is 34.6 Å². The standard InChI is InChI=1S/C18H30N2O2S/c1-12-13(2)23-16(22)19(12)11-15(21)20-9-8-14(18(20,6)7)10-17(3,4)5/h14H,8-11H2,1-7H3. The van der Waals surface area contributed by atoms with Crippen LogP contribution < -0.4 is 4.87 Å². The van der Waals surface area contributed by atoms with Gasteiger partial charge in [0.1, 0.15) is 6.54 Å². The molecule has 0 bridgehead atoms. The summed E-state index contributed by atoms with van der Waals surface area (Å²) in [5.41, 5.74) is 1.03. The molecule has 1 aliphatic heterocycles. The van der Waals surface area contributed by atoms with E-state index >= 15 is 0 Å². The van der Waals surface area contributed by atoms with Gasteiger partial charge in [-0.05, 0) is 51.9 Å². The van der Waals surface area contributed by atoms with E-state index in [4.69, 9.17) is 0 Å². The third-order valence-corrected chi connectivity index (χ3v) is 6.22. The highest BCUT2D eigenvalue weighted by Gasteiger charge is 2.44. The van der Waals surface area contributed by atoms with Gasteiger partial charge in [-0.1, -0.05) is 32.1 Å². The number of hydrogen-bond acceptors (Lipinski definition) is 3. The quantitative estimate of drug-likeness (QED) is 0.845. The van der Waals surface area contributed by atoms with Gasteiger partial charge in [0.25, 0.3) is 0 Å². The normalized spacial score (nSPS) is 21.0. The first-order chi connectivity index (χ1) is 10.4. The Labute approximate surface area is 143 Å². The van der Waals surface area contributed by atoms with Crippen LogP contribution in [0.1, 0.15) is 58.0 Å². The van der Waals surface area contributed by atoms with Crippen LogP contribution in [0, 0.1) is 25.2 Å². The summed E-state index contributed by atoms with van der Waals surface area (Å²) in [6.07, 6.45) is 2.16. The van der Waals surface area contributed by atoms with Crippen molar-refractivity contribution in [3.05, 3.63) is 20.2 Å². The predicted octanol–water partition coefficient (Wildman–Crippen LogP) is 3.59. The number of rotatable bonds is 3. The molecule has 1 atom stereocenters. The lowest BCUT2D eigenvalue weighted by molar-refractivity contribution is -0.136. The van der Waals surface area contributed by atoms with Crippen molar-refractivity contribution in [3.63, 3.8) is 0 Å². The molecule has 0 saturated carbocycles. The molecule has 0 radical (unpaired) electrons. The molecule has 1 saturated heterocycles.